The molecular formula is C9H8BBrF3KO. The molecule has 1 aromatic carbocycles. The second kappa shape index (κ2) is 7.23. The van der Waals surface area contributed by atoms with Gasteiger partial charge in [-0.3, -0.25) is 0 Å². The molecule has 0 spiro atoms. The fourth-order valence-corrected chi connectivity index (χ4v) is 1.43. The van der Waals surface area contributed by atoms with Crippen molar-refractivity contribution in [2.45, 2.75) is 0 Å². The normalized spacial score (nSPS) is 11.3. The van der Waals surface area contributed by atoms with E-state index in [4.69, 9.17) is 4.74 Å². The van der Waals surface area contributed by atoms with Crippen LogP contribution in [0.3, 0.4) is 0 Å². The van der Waals surface area contributed by atoms with E-state index < -0.39 is 6.98 Å². The monoisotopic (exact) mass is 318 g/mol. The van der Waals surface area contributed by atoms with Crippen molar-refractivity contribution in [1.82, 2.24) is 0 Å². The SMILES string of the molecule is COc1ccc(Br)cc1/C=C/[B-](F)(F)F.[K+]. The Morgan fingerprint density at radius 2 is 1.94 bits per heavy atom. The molecule has 0 radical (unpaired) electrons. The first kappa shape index (κ1) is 16.7. The van der Waals surface area contributed by atoms with Crippen molar-refractivity contribution in [2.24, 2.45) is 0 Å². The minimum Gasteiger partial charge on any atom is -0.496 e. The minimum atomic E-state index is -4.91. The van der Waals surface area contributed by atoms with E-state index in [1.807, 2.05) is 0 Å². The Kier molecular flexibility index (Phi) is 7.56. The largest absolute Gasteiger partial charge is 1.00 e. The van der Waals surface area contributed by atoms with Crippen LogP contribution in [-0.4, -0.2) is 14.1 Å². The Morgan fingerprint density at radius 1 is 1.31 bits per heavy atom. The third-order valence-corrected chi connectivity index (χ3v) is 2.18. The van der Waals surface area contributed by atoms with Gasteiger partial charge in [-0.2, -0.15) is 0 Å². The third-order valence-electron chi connectivity index (χ3n) is 1.69. The van der Waals surface area contributed by atoms with Gasteiger partial charge in [0.1, 0.15) is 5.75 Å². The van der Waals surface area contributed by atoms with Crippen LogP contribution in [0.5, 0.6) is 5.75 Å². The van der Waals surface area contributed by atoms with Crippen LogP contribution in [0.4, 0.5) is 12.9 Å². The quantitative estimate of drug-likeness (QED) is 0.751. The van der Waals surface area contributed by atoms with Crippen molar-refractivity contribution in [3.8, 4) is 5.75 Å². The number of rotatable bonds is 3. The molecule has 0 unspecified atom stereocenters. The summed E-state index contributed by atoms with van der Waals surface area (Å²) in [5, 5.41) is 0. The maximum Gasteiger partial charge on any atom is 1.00 e. The van der Waals surface area contributed by atoms with Crippen LogP contribution in [0.1, 0.15) is 5.56 Å². The van der Waals surface area contributed by atoms with Gasteiger partial charge in [0.25, 0.3) is 0 Å². The summed E-state index contributed by atoms with van der Waals surface area (Å²) < 4.78 is 41.6. The molecule has 0 aliphatic carbocycles. The van der Waals surface area contributed by atoms with Crippen LogP contribution in [0.2, 0.25) is 0 Å². The molecule has 0 aliphatic heterocycles. The molecule has 7 heteroatoms. The summed E-state index contributed by atoms with van der Waals surface area (Å²) in [5.74, 6) is 0.652. The van der Waals surface area contributed by atoms with Crippen molar-refractivity contribution in [1.29, 1.82) is 0 Å². The molecule has 0 atom stereocenters. The first-order valence-corrected chi connectivity index (χ1v) is 4.94. The zero-order valence-corrected chi connectivity index (χ0v) is 13.6. The Bertz CT molecular complexity index is 382. The van der Waals surface area contributed by atoms with Crippen molar-refractivity contribution in [3.63, 3.8) is 0 Å². The average molecular weight is 319 g/mol. The molecule has 0 aliphatic rings. The van der Waals surface area contributed by atoms with Crippen LogP contribution < -0.4 is 56.1 Å². The summed E-state index contributed by atoms with van der Waals surface area (Å²) in [6.45, 7) is -4.91. The Morgan fingerprint density at radius 3 is 2.44 bits per heavy atom. The summed E-state index contributed by atoms with van der Waals surface area (Å²) in [7, 11) is 1.42. The molecule has 0 saturated heterocycles. The fourth-order valence-electron chi connectivity index (χ4n) is 1.05. The van der Waals surface area contributed by atoms with E-state index in [-0.39, 0.29) is 57.4 Å². The summed E-state index contributed by atoms with van der Waals surface area (Å²) in [6.07, 6.45) is 1.00. The van der Waals surface area contributed by atoms with Gasteiger partial charge in [0, 0.05) is 10.0 Å². The van der Waals surface area contributed by atoms with Crippen molar-refractivity contribution >= 4 is 29.0 Å². The van der Waals surface area contributed by atoms with Crippen molar-refractivity contribution in [3.05, 3.63) is 34.2 Å². The van der Waals surface area contributed by atoms with E-state index in [0.29, 0.717) is 15.8 Å². The van der Waals surface area contributed by atoms with Gasteiger partial charge < -0.3 is 17.7 Å². The molecular weight excluding hydrogens is 311 g/mol. The van der Waals surface area contributed by atoms with Crippen LogP contribution in [0, 0.1) is 0 Å². The standard InChI is InChI=1S/C9H8BBrF3O.K/c1-15-9-3-2-8(11)6-7(9)4-5-10(12,13)14;/h2-6H,1H3;/q-1;+1/b5-4+;. The summed E-state index contributed by atoms with van der Waals surface area (Å²) >= 11 is 3.18. The van der Waals surface area contributed by atoms with Crippen LogP contribution in [-0.2, 0) is 0 Å². The molecule has 16 heavy (non-hydrogen) atoms. The molecule has 0 aromatic heterocycles. The van der Waals surface area contributed by atoms with Gasteiger partial charge in [-0.15, -0.1) is 5.98 Å². The first-order chi connectivity index (χ1) is 6.92. The Hall–Kier alpha value is 0.731. The second-order valence-electron chi connectivity index (χ2n) is 2.87. The summed E-state index contributed by atoms with van der Waals surface area (Å²) in [5.41, 5.74) is 0.395. The number of halogens is 4. The van der Waals surface area contributed by atoms with Gasteiger partial charge >= 0.3 is 58.4 Å². The van der Waals surface area contributed by atoms with Crippen molar-refractivity contribution in [2.75, 3.05) is 7.11 Å². The van der Waals surface area contributed by atoms with E-state index >= 15 is 0 Å². The summed E-state index contributed by atoms with van der Waals surface area (Å²) in [4.78, 5) is 0. The zero-order valence-electron chi connectivity index (χ0n) is 8.88. The number of ether oxygens (including phenoxy) is 1. The Balaban J connectivity index is 0.00000225. The fraction of sp³-hybridized carbons (Fsp3) is 0.111. The average Bonchev–Trinajstić information content (AvgIpc) is 2.14. The van der Waals surface area contributed by atoms with Gasteiger partial charge in [-0.05, 0) is 18.2 Å². The molecule has 0 saturated carbocycles. The maximum atomic E-state index is 12.0. The van der Waals surface area contributed by atoms with Crippen LogP contribution >= 0.6 is 15.9 Å². The van der Waals surface area contributed by atoms with E-state index in [1.165, 1.54) is 7.11 Å². The predicted octanol–water partition coefficient (Wildman–Crippen LogP) is 0.861. The van der Waals surface area contributed by atoms with E-state index in [0.717, 1.165) is 6.08 Å². The number of methoxy groups -OCH3 is 1. The zero-order chi connectivity index (χ0) is 11.5. The predicted molar refractivity (Wildman–Crippen MR) is 58.8 cm³/mol. The minimum absolute atomic E-state index is 0. The van der Waals surface area contributed by atoms with Gasteiger partial charge in [0.05, 0.1) is 7.11 Å². The topological polar surface area (TPSA) is 9.23 Å². The smallest absolute Gasteiger partial charge is 0.496 e. The van der Waals surface area contributed by atoms with Crippen LogP contribution in [0.25, 0.3) is 6.08 Å². The van der Waals surface area contributed by atoms with E-state index in [9.17, 15) is 12.9 Å². The van der Waals surface area contributed by atoms with Gasteiger partial charge in [-0.1, -0.05) is 22.0 Å². The van der Waals surface area contributed by atoms with E-state index in [2.05, 4.69) is 15.9 Å². The molecule has 0 N–H and O–H groups in total. The van der Waals surface area contributed by atoms with Gasteiger partial charge in [0.15, 0.2) is 0 Å². The Labute approximate surface area is 143 Å². The van der Waals surface area contributed by atoms with Gasteiger partial charge in [-0.25, -0.2) is 0 Å². The molecule has 82 valence electrons. The first-order valence-electron chi connectivity index (χ1n) is 4.15. The second-order valence-corrected chi connectivity index (χ2v) is 3.79. The summed E-state index contributed by atoms with van der Waals surface area (Å²) in [6, 6.07) is 4.87. The van der Waals surface area contributed by atoms with E-state index in [1.54, 1.807) is 18.2 Å². The molecule has 0 heterocycles. The molecule has 0 bridgehead atoms. The van der Waals surface area contributed by atoms with Crippen LogP contribution in [0.15, 0.2) is 28.6 Å². The molecule has 1 rings (SSSR count). The van der Waals surface area contributed by atoms with Crippen molar-refractivity contribution < 1.29 is 69.1 Å². The number of hydrogen-bond acceptors (Lipinski definition) is 1. The number of hydrogen-bond donors (Lipinski definition) is 0. The molecule has 1 aromatic rings. The third kappa shape index (κ3) is 5.88. The molecule has 0 fully saturated rings. The maximum absolute atomic E-state index is 12.0. The number of benzene rings is 1. The van der Waals surface area contributed by atoms with Gasteiger partial charge in [0.2, 0.25) is 0 Å². The molecule has 1 nitrogen and oxygen atoms in total. The molecule has 0 amide bonds.